The van der Waals surface area contributed by atoms with Gasteiger partial charge >= 0.3 is 5.97 Å². The summed E-state index contributed by atoms with van der Waals surface area (Å²) in [5.74, 6) is 0.217. The Balaban J connectivity index is 1.50. The number of thioether (sulfide) groups is 1. The molecule has 2 aromatic heterocycles. The zero-order chi connectivity index (χ0) is 20.8. The van der Waals surface area contributed by atoms with Gasteiger partial charge in [0, 0.05) is 17.3 Å². The van der Waals surface area contributed by atoms with Gasteiger partial charge in [-0.2, -0.15) is 0 Å². The number of rotatable bonds is 8. The molecule has 1 N–H and O–H groups in total. The van der Waals surface area contributed by atoms with E-state index in [2.05, 4.69) is 15.5 Å². The predicted octanol–water partition coefficient (Wildman–Crippen LogP) is 3.79. The summed E-state index contributed by atoms with van der Waals surface area (Å²) in [6.45, 7) is 3.97. The summed E-state index contributed by atoms with van der Waals surface area (Å²) in [7, 11) is 0. The van der Waals surface area contributed by atoms with Crippen molar-refractivity contribution in [3.63, 3.8) is 0 Å². The molecule has 10 heteroatoms. The molecule has 0 fully saturated rings. The molecule has 0 atom stereocenters. The van der Waals surface area contributed by atoms with Gasteiger partial charge in [0.2, 0.25) is 0 Å². The first-order valence-electron chi connectivity index (χ1n) is 8.80. The second-order valence-corrected chi connectivity index (χ2v) is 7.29. The molecule has 0 saturated carbocycles. The van der Waals surface area contributed by atoms with E-state index in [1.54, 1.807) is 43.5 Å². The van der Waals surface area contributed by atoms with Crippen molar-refractivity contribution in [2.45, 2.75) is 25.5 Å². The van der Waals surface area contributed by atoms with Crippen LogP contribution in [-0.4, -0.2) is 39.0 Å². The quantitative estimate of drug-likeness (QED) is 0.425. The average Bonchev–Trinajstić information content (AvgIpc) is 3.37. The third-order valence-corrected chi connectivity index (χ3v) is 5.35. The average molecular weight is 435 g/mol. The topological polar surface area (TPSA) is 99.2 Å². The highest BCUT2D eigenvalue weighted by atomic mass is 35.5. The summed E-state index contributed by atoms with van der Waals surface area (Å²) in [6.07, 6.45) is 1.56. The summed E-state index contributed by atoms with van der Waals surface area (Å²) in [5, 5.41) is 12.0. The van der Waals surface area contributed by atoms with Gasteiger partial charge in [-0.05, 0) is 43.7 Å². The van der Waals surface area contributed by atoms with Crippen LogP contribution in [0.3, 0.4) is 0 Å². The Morgan fingerprint density at radius 2 is 2.10 bits per heavy atom. The number of furan rings is 1. The SMILES string of the molecule is CCn1c(SCC(=O)OCC(=O)Nc2cccc(Cl)c2C)nnc1-c1ccco1. The molecule has 0 saturated heterocycles. The molecule has 29 heavy (non-hydrogen) atoms. The van der Waals surface area contributed by atoms with Crippen molar-refractivity contribution in [1.29, 1.82) is 0 Å². The van der Waals surface area contributed by atoms with Crippen molar-refractivity contribution in [3.8, 4) is 11.6 Å². The van der Waals surface area contributed by atoms with Gasteiger partial charge in [-0.15, -0.1) is 10.2 Å². The van der Waals surface area contributed by atoms with Gasteiger partial charge in [0.1, 0.15) is 0 Å². The number of aromatic nitrogens is 3. The number of hydrogen-bond donors (Lipinski definition) is 1. The number of nitrogens with one attached hydrogen (secondary N) is 1. The van der Waals surface area contributed by atoms with Crippen molar-refractivity contribution >= 4 is 40.9 Å². The standard InChI is InChI=1S/C19H19ClN4O4S/c1-3-24-18(15-8-5-9-27-15)22-23-19(24)29-11-17(26)28-10-16(25)21-14-7-4-6-13(20)12(14)2/h4-9H,3,10-11H2,1-2H3,(H,21,25). The van der Waals surface area contributed by atoms with Crippen molar-refractivity contribution in [2.75, 3.05) is 17.7 Å². The molecule has 0 aliphatic heterocycles. The molecule has 0 aliphatic rings. The molecular formula is C19H19ClN4O4S. The normalized spacial score (nSPS) is 10.7. The molecule has 1 aromatic carbocycles. The zero-order valence-corrected chi connectivity index (χ0v) is 17.4. The molecule has 3 aromatic rings. The Hall–Kier alpha value is -2.78. The lowest BCUT2D eigenvalue weighted by Gasteiger charge is -2.10. The lowest BCUT2D eigenvalue weighted by molar-refractivity contribution is -0.144. The fraction of sp³-hybridized carbons (Fsp3) is 0.263. The van der Waals surface area contributed by atoms with Crippen LogP contribution < -0.4 is 5.32 Å². The van der Waals surface area contributed by atoms with Crippen molar-refractivity contribution in [1.82, 2.24) is 14.8 Å². The summed E-state index contributed by atoms with van der Waals surface area (Å²) < 4.78 is 12.2. The number of halogens is 1. The highest BCUT2D eigenvalue weighted by Crippen LogP contribution is 2.24. The van der Waals surface area contributed by atoms with Gasteiger partial charge in [0.15, 0.2) is 23.3 Å². The lowest BCUT2D eigenvalue weighted by Crippen LogP contribution is -2.22. The van der Waals surface area contributed by atoms with Crippen LogP contribution in [-0.2, 0) is 20.9 Å². The van der Waals surface area contributed by atoms with Crippen LogP contribution in [0.25, 0.3) is 11.6 Å². The van der Waals surface area contributed by atoms with E-state index in [9.17, 15) is 9.59 Å². The van der Waals surface area contributed by atoms with E-state index in [-0.39, 0.29) is 12.4 Å². The molecule has 152 valence electrons. The van der Waals surface area contributed by atoms with Crippen LogP contribution in [0.4, 0.5) is 5.69 Å². The van der Waals surface area contributed by atoms with E-state index in [0.29, 0.717) is 34.0 Å². The van der Waals surface area contributed by atoms with E-state index in [0.717, 1.165) is 5.56 Å². The monoisotopic (exact) mass is 434 g/mol. The number of amides is 1. The molecule has 8 nitrogen and oxygen atoms in total. The largest absolute Gasteiger partial charge is 0.461 e. The molecule has 0 spiro atoms. The summed E-state index contributed by atoms with van der Waals surface area (Å²) in [4.78, 5) is 24.0. The van der Waals surface area contributed by atoms with Crippen LogP contribution in [0.5, 0.6) is 0 Å². The van der Waals surface area contributed by atoms with Crippen molar-refractivity contribution in [2.24, 2.45) is 0 Å². The number of esters is 1. The van der Waals surface area contributed by atoms with E-state index in [1.807, 2.05) is 11.5 Å². The van der Waals surface area contributed by atoms with Gasteiger partial charge in [0.25, 0.3) is 5.91 Å². The maximum Gasteiger partial charge on any atom is 0.316 e. The molecule has 3 rings (SSSR count). The van der Waals surface area contributed by atoms with E-state index in [1.165, 1.54) is 11.8 Å². The Morgan fingerprint density at radius 1 is 1.28 bits per heavy atom. The Labute approximate surface area is 176 Å². The minimum absolute atomic E-state index is 0.000237. The van der Waals surface area contributed by atoms with Crippen LogP contribution in [0.2, 0.25) is 5.02 Å². The van der Waals surface area contributed by atoms with Crippen LogP contribution in [0, 0.1) is 6.92 Å². The predicted molar refractivity (Wildman–Crippen MR) is 110 cm³/mol. The van der Waals surface area contributed by atoms with E-state index in [4.69, 9.17) is 20.8 Å². The fourth-order valence-electron chi connectivity index (χ4n) is 2.51. The third kappa shape index (κ3) is 5.18. The maximum atomic E-state index is 12.0. The highest BCUT2D eigenvalue weighted by molar-refractivity contribution is 7.99. The summed E-state index contributed by atoms with van der Waals surface area (Å²) >= 11 is 7.21. The second-order valence-electron chi connectivity index (χ2n) is 5.94. The summed E-state index contributed by atoms with van der Waals surface area (Å²) in [5.41, 5.74) is 1.32. The number of nitrogens with zero attached hydrogens (tertiary/aromatic N) is 3. The number of carbonyl (C=O) groups is 2. The van der Waals surface area contributed by atoms with Gasteiger partial charge in [-0.25, -0.2) is 0 Å². The zero-order valence-electron chi connectivity index (χ0n) is 15.8. The first-order valence-corrected chi connectivity index (χ1v) is 10.2. The minimum Gasteiger partial charge on any atom is -0.461 e. The molecular weight excluding hydrogens is 416 g/mol. The van der Waals surface area contributed by atoms with Crippen LogP contribution >= 0.6 is 23.4 Å². The summed E-state index contributed by atoms with van der Waals surface area (Å²) in [6, 6.07) is 8.75. The maximum absolute atomic E-state index is 12.0. The first-order chi connectivity index (χ1) is 14.0. The third-order valence-electron chi connectivity index (χ3n) is 4.00. The van der Waals surface area contributed by atoms with Crippen molar-refractivity contribution < 1.29 is 18.7 Å². The first kappa shape index (κ1) is 20.9. The molecule has 0 radical (unpaired) electrons. The lowest BCUT2D eigenvalue weighted by atomic mass is 10.2. The number of carbonyl (C=O) groups excluding carboxylic acids is 2. The molecule has 2 heterocycles. The minimum atomic E-state index is -0.529. The van der Waals surface area contributed by atoms with Crippen LogP contribution in [0.15, 0.2) is 46.2 Å². The number of ether oxygens (including phenoxy) is 1. The second kappa shape index (κ2) is 9.62. The number of anilines is 1. The Morgan fingerprint density at radius 3 is 2.83 bits per heavy atom. The fourth-order valence-corrected chi connectivity index (χ4v) is 3.48. The van der Waals surface area contributed by atoms with Gasteiger partial charge < -0.3 is 14.5 Å². The van der Waals surface area contributed by atoms with Gasteiger partial charge in [-0.1, -0.05) is 29.4 Å². The molecule has 1 amide bonds. The smallest absolute Gasteiger partial charge is 0.316 e. The van der Waals surface area contributed by atoms with Crippen LogP contribution in [0.1, 0.15) is 12.5 Å². The van der Waals surface area contributed by atoms with Crippen molar-refractivity contribution in [3.05, 3.63) is 47.2 Å². The number of hydrogen-bond acceptors (Lipinski definition) is 7. The van der Waals surface area contributed by atoms with E-state index >= 15 is 0 Å². The van der Waals surface area contributed by atoms with E-state index < -0.39 is 11.9 Å². The van der Waals surface area contributed by atoms with Gasteiger partial charge in [-0.3, -0.25) is 14.2 Å². The molecule has 0 aliphatic carbocycles. The Kier molecular flexibility index (Phi) is 6.95. The Bertz CT molecular complexity index is 1000. The van der Waals surface area contributed by atoms with Gasteiger partial charge in [0.05, 0.1) is 12.0 Å². The highest BCUT2D eigenvalue weighted by Gasteiger charge is 2.17. The molecule has 0 bridgehead atoms. The number of benzene rings is 1. The molecule has 0 unspecified atom stereocenters.